The molecular weight excluding hydrogens is 240 g/mol. The van der Waals surface area contributed by atoms with E-state index in [9.17, 15) is 0 Å². The van der Waals surface area contributed by atoms with E-state index in [4.69, 9.17) is 11.6 Å². The fraction of sp³-hybridized carbons (Fsp3) is 0.0769. The molecule has 0 radical (unpaired) electrons. The molecule has 19 heavy (non-hydrogen) atoms. The van der Waals surface area contributed by atoms with Gasteiger partial charge in [-0.15, -0.1) is 0 Å². The Balaban J connectivity index is 2.15. The van der Waals surface area contributed by atoms with Crippen molar-refractivity contribution >= 4 is 5.82 Å². The Bertz CT molecular complexity index is 710. The number of hydrogen-bond acceptors (Lipinski definition) is 4. The van der Waals surface area contributed by atoms with E-state index < -0.39 is 0 Å². The summed E-state index contributed by atoms with van der Waals surface area (Å²) in [5.74, 6) is 7.04. The second-order valence-electron chi connectivity index (χ2n) is 4.31. The average Bonchev–Trinajstić information content (AvgIpc) is 2.97. The van der Waals surface area contributed by atoms with Crippen LogP contribution in [-0.4, -0.2) is 19.4 Å². The quantitative estimate of drug-likeness (QED) is 0.674. The van der Waals surface area contributed by atoms with Crippen molar-refractivity contribution in [2.45, 2.75) is 0 Å². The number of aryl methyl sites for hydroxylation is 1. The zero-order chi connectivity index (χ0) is 13.4. The minimum atomic E-state index is 0.423. The maximum atomic E-state index is 6.02. The first kappa shape index (κ1) is 11.3. The van der Waals surface area contributed by atoms with Crippen LogP contribution in [0.2, 0.25) is 0 Å². The molecule has 0 fully saturated rings. The van der Waals surface area contributed by atoms with Gasteiger partial charge in [0.1, 0.15) is 5.69 Å². The standard InChI is InChI=1S/C13H14N6/c1-18-8-10(7-16-18)11-12(14)19(15)13(17-11)9-5-3-2-4-6-9/h2-8H,14-15H2,1H3. The zero-order valence-corrected chi connectivity index (χ0v) is 10.5. The number of hydrogen-bond donors (Lipinski definition) is 2. The molecule has 0 saturated carbocycles. The van der Waals surface area contributed by atoms with E-state index in [1.807, 2.05) is 43.6 Å². The van der Waals surface area contributed by atoms with Crippen molar-refractivity contribution in [3.05, 3.63) is 42.7 Å². The lowest BCUT2D eigenvalue weighted by molar-refractivity contribution is 0.768. The van der Waals surface area contributed by atoms with E-state index in [1.165, 1.54) is 4.68 Å². The van der Waals surface area contributed by atoms with E-state index in [0.717, 1.165) is 11.1 Å². The van der Waals surface area contributed by atoms with Crippen LogP contribution >= 0.6 is 0 Å². The van der Waals surface area contributed by atoms with E-state index >= 15 is 0 Å². The lowest BCUT2D eigenvalue weighted by Gasteiger charge is -2.01. The molecule has 0 bridgehead atoms. The van der Waals surface area contributed by atoms with Gasteiger partial charge in [0, 0.05) is 24.4 Å². The van der Waals surface area contributed by atoms with Gasteiger partial charge in [0.2, 0.25) is 0 Å². The average molecular weight is 254 g/mol. The molecule has 6 nitrogen and oxygen atoms in total. The third kappa shape index (κ3) is 1.83. The van der Waals surface area contributed by atoms with E-state index in [1.54, 1.807) is 10.9 Å². The number of aromatic nitrogens is 4. The Morgan fingerprint density at radius 1 is 1.11 bits per heavy atom. The molecule has 0 atom stereocenters. The fourth-order valence-electron chi connectivity index (χ4n) is 1.99. The van der Waals surface area contributed by atoms with Gasteiger partial charge in [-0.3, -0.25) is 4.68 Å². The molecule has 4 N–H and O–H groups in total. The molecule has 0 amide bonds. The Morgan fingerprint density at radius 2 is 1.84 bits per heavy atom. The first-order chi connectivity index (χ1) is 9.16. The maximum Gasteiger partial charge on any atom is 0.160 e. The summed E-state index contributed by atoms with van der Waals surface area (Å²) in [6.07, 6.45) is 3.57. The number of imidazole rings is 1. The highest BCUT2D eigenvalue weighted by atomic mass is 15.4. The second kappa shape index (κ2) is 4.16. The van der Waals surface area contributed by atoms with Gasteiger partial charge in [-0.05, 0) is 0 Å². The molecule has 0 aliphatic carbocycles. The number of benzene rings is 1. The van der Waals surface area contributed by atoms with Crippen molar-refractivity contribution in [2.75, 3.05) is 11.6 Å². The third-order valence-electron chi connectivity index (χ3n) is 2.96. The van der Waals surface area contributed by atoms with Crippen molar-refractivity contribution in [1.82, 2.24) is 19.4 Å². The molecule has 0 unspecified atom stereocenters. The lowest BCUT2D eigenvalue weighted by Crippen LogP contribution is -2.13. The highest BCUT2D eigenvalue weighted by Crippen LogP contribution is 2.28. The summed E-state index contributed by atoms with van der Waals surface area (Å²) in [6, 6.07) is 9.70. The normalized spacial score (nSPS) is 10.8. The summed E-state index contributed by atoms with van der Waals surface area (Å²) in [7, 11) is 1.84. The van der Waals surface area contributed by atoms with Crippen LogP contribution < -0.4 is 11.6 Å². The predicted molar refractivity (Wildman–Crippen MR) is 74.4 cm³/mol. The minimum Gasteiger partial charge on any atom is -0.382 e. The largest absolute Gasteiger partial charge is 0.382 e. The van der Waals surface area contributed by atoms with Gasteiger partial charge in [-0.25, -0.2) is 9.66 Å². The first-order valence-corrected chi connectivity index (χ1v) is 5.84. The number of anilines is 1. The highest BCUT2D eigenvalue weighted by molar-refractivity contribution is 5.74. The molecule has 96 valence electrons. The van der Waals surface area contributed by atoms with Crippen LogP contribution in [0.4, 0.5) is 5.82 Å². The number of rotatable bonds is 2. The SMILES string of the molecule is Cn1cc(-c2nc(-c3ccccc3)n(N)c2N)cn1. The van der Waals surface area contributed by atoms with Crippen LogP contribution in [0.1, 0.15) is 0 Å². The van der Waals surface area contributed by atoms with Gasteiger partial charge in [0.25, 0.3) is 0 Å². The number of nitrogens with two attached hydrogens (primary N) is 2. The summed E-state index contributed by atoms with van der Waals surface area (Å²) in [5, 5.41) is 4.12. The molecule has 1 aromatic carbocycles. The van der Waals surface area contributed by atoms with Crippen molar-refractivity contribution in [3.8, 4) is 22.6 Å². The fourth-order valence-corrected chi connectivity index (χ4v) is 1.99. The Labute approximate surface area is 110 Å². The number of nitrogens with zero attached hydrogens (tertiary/aromatic N) is 4. The monoisotopic (exact) mass is 254 g/mol. The van der Waals surface area contributed by atoms with Crippen LogP contribution in [0.15, 0.2) is 42.7 Å². The maximum absolute atomic E-state index is 6.02. The first-order valence-electron chi connectivity index (χ1n) is 5.84. The van der Waals surface area contributed by atoms with E-state index in [0.29, 0.717) is 17.3 Å². The van der Waals surface area contributed by atoms with Gasteiger partial charge in [-0.2, -0.15) is 5.10 Å². The molecule has 0 spiro atoms. The predicted octanol–water partition coefficient (Wildman–Crippen LogP) is 1.25. The Hall–Kier alpha value is -2.76. The van der Waals surface area contributed by atoms with Gasteiger partial charge in [0.15, 0.2) is 11.6 Å². The molecule has 3 aromatic rings. The topological polar surface area (TPSA) is 87.7 Å². The third-order valence-corrected chi connectivity index (χ3v) is 2.96. The van der Waals surface area contributed by atoms with Crippen molar-refractivity contribution < 1.29 is 0 Å². The minimum absolute atomic E-state index is 0.423. The molecular formula is C13H14N6. The Morgan fingerprint density at radius 3 is 2.47 bits per heavy atom. The smallest absolute Gasteiger partial charge is 0.160 e. The van der Waals surface area contributed by atoms with E-state index in [2.05, 4.69) is 10.1 Å². The molecule has 2 aromatic heterocycles. The second-order valence-corrected chi connectivity index (χ2v) is 4.31. The highest BCUT2D eigenvalue weighted by Gasteiger charge is 2.16. The van der Waals surface area contributed by atoms with Crippen LogP contribution in [0.25, 0.3) is 22.6 Å². The molecule has 0 aliphatic rings. The Kier molecular flexibility index (Phi) is 2.49. The van der Waals surface area contributed by atoms with Gasteiger partial charge in [-0.1, -0.05) is 30.3 Å². The number of nitrogen functional groups attached to an aromatic ring is 2. The zero-order valence-electron chi connectivity index (χ0n) is 10.5. The van der Waals surface area contributed by atoms with Crippen LogP contribution in [0.3, 0.4) is 0 Å². The lowest BCUT2D eigenvalue weighted by atomic mass is 10.2. The summed E-state index contributed by atoms with van der Waals surface area (Å²) in [6.45, 7) is 0. The molecule has 2 heterocycles. The molecule has 3 rings (SSSR count). The van der Waals surface area contributed by atoms with Crippen molar-refractivity contribution in [3.63, 3.8) is 0 Å². The van der Waals surface area contributed by atoms with Crippen molar-refractivity contribution in [1.29, 1.82) is 0 Å². The summed E-state index contributed by atoms with van der Waals surface area (Å²) >= 11 is 0. The molecule has 6 heteroatoms. The summed E-state index contributed by atoms with van der Waals surface area (Å²) < 4.78 is 3.10. The summed E-state index contributed by atoms with van der Waals surface area (Å²) in [5.41, 5.74) is 8.44. The molecule has 0 saturated heterocycles. The molecule has 0 aliphatic heterocycles. The van der Waals surface area contributed by atoms with Gasteiger partial charge < -0.3 is 11.6 Å². The van der Waals surface area contributed by atoms with Crippen LogP contribution in [0.5, 0.6) is 0 Å². The van der Waals surface area contributed by atoms with Gasteiger partial charge in [0.05, 0.1) is 6.20 Å². The van der Waals surface area contributed by atoms with Crippen LogP contribution in [0, 0.1) is 0 Å². The van der Waals surface area contributed by atoms with E-state index in [-0.39, 0.29) is 0 Å². The van der Waals surface area contributed by atoms with Crippen molar-refractivity contribution in [2.24, 2.45) is 7.05 Å². The van der Waals surface area contributed by atoms with Gasteiger partial charge >= 0.3 is 0 Å². The summed E-state index contributed by atoms with van der Waals surface area (Å²) in [4.78, 5) is 4.52. The van der Waals surface area contributed by atoms with Crippen LogP contribution in [-0.2, 0) is 7.05 Å².